The van der Waals surface area contributed by atoms with Crippen molar-refractivity contribution in [1.29, 1.82) is 0 Å². The number of hydrogen-bond acceptors (Lipinski definition) is 5. The Morgan fingerprint density at radius 1 is 1.27 bits per heavy atom. The summed E-state index contributed by atoms with van der Waals surface area (Å²) >= 11 is 0. The van der Waals surface area contributed by atoms with E-state index in [4.69, 9.17) is 4.74 Å². The molecule has 1 aromatic carbocycles. The van der Waals surface area contributed by atoms with E-state index in [1.807, 2.05) is 27.0 Å². The summed E-state index contributed by atoms with van der Waals surface area (Å²) in [6.07, 6.45) is 0.315. The molecule has 1 amide bonds. The van der Waals surface area contributed by atoms with Crippen LogP contribution in [0.15, 0.2) is 42.7 Å². The molecule has 0 aliphatic rings. The third-order valence-electron chi connectivity index (χ3n) is 5.47. The fourth-order valence-corrected chi connectivity index (χ4v) is 3.77. The quantitative estimate of drug-likeness (QED) is 0.449. The molecule has 0 spiro atoms. The van der Waals surface area contributed by atoms with Crippen LogP contribution in [0.2, 0.25) is 0 Å². The molecular weight excluding hydrogens is 430 g/mol. The van der Waals surface area contributed by atoms with Crippen LogP contribution in [0.3, 0.4) is 0 Å². The molecule has 0 bridgehead atoms. The van der Waals surface area contributed by atoms with Crippen LogP contribution in [0.1, 0.15) is 53.6 Å². The molecule has 0 saturated heterocycles. The van der Waals surface area contributed by atoms with Crippen LogP contribution in [0.5, 0.6) is 5.75 Å². The summed E-state index contributed by atoms with van der Waals surface area (Å²) in [6, 6.07) is 7.88. The van der Waals surface area contributed by atoms with Gasteiger partial charge in [-0.05, 0) is 39.0 Å². The van der Waals surface area contributed by atoms with Gasteiger partial charge in [0.1, 0.15) is 17.0 Å². The molecule has 172 valence electrons. The number of alkyl halides is 2. The second-order valence-corrected chi connectivity index (χ2v) is 7.58. The summed E-state index contributed by atoms with van der Waals surface area (Å²) in [4.78, 5) is 17.6. The van der Waals surface area contributed by atoms with Gasteiger partial charge in [0.25, 0.3) is 12.3 Å². The number of methoxy groups -OCH3 is 1. The number of amides is 1. The van der Waals surface area contributed by atoms with Gasteiger partial charge in [0.05, 0.1) is 30.7 Å². The zero-order valence-electron chi connectivity index (χ0n) is 18.7. The molecule has 0 aliphatic carbocycles. The number of aryl methyl sites for hydroxylation is 2. The number of carbonyl (C=O) groups excluding carboxylic acids is 1. The fourth-order valence-electron chi connectivity index (χ4n) is 3.77. The molecule has 1 atom stereocenters. The third kappa shape index (κ3) is 4.15. The van der Waals surface area contributed by atoms with Crippen molar-refractivity contribution in [3.8, 4) is 17.0 Å². The highest BCUT2D eigenvalue weighted by Gasteiger charge is 2.24. The standard InChI is InChI=1S/C23H24F2N6O2/c1-5-30-12-17(14(3)29-30)13(2)27-23(32)16-11-26-31-19(21(24)25)10-18(28-22(16)31)15-8-6-7-9-20(15)33-4/h6-13,21H,5H2,1-4H3,(H,27,32). The van der Waals surface area contributed by atoms with E-state index in [0.29, 0.717) is 17.9 Å². The Morgan fingerprint density at radius 3 is 2.70 bits per heavy atom. The summed E-state index contributed by atoms with van der Waals surface area (Å²) in [6.45, 7) is 6.40. The minimum Gasteiger partial charge on any atom is -0.496 e. The van der Waals surface area contributed by atoms with Gasteiger partial charge in [0, 0.05) is 23.9 Å². The highest BCUT2D eigenvalue weighted by molar-refractivity contribution is 6.00. The zero-order chi connectivity index (χ0) is 23.7. The molecule has 10 heteroatoms. The number of carbonyl (C=O) groups is 1. The molecule has 0 saturated carbocycles. The molecule has 0 radical (unpaired) electrons. The molecule has 4 aromatic rings. The lowest BCUT2D eigenvalue weighted by Crippen LogP contribution is -2.27. The van der Waals surface area contributed by atoms with E-state index < -0.39 is 12.3 Å². The maximum atomic E-state index is 13.9. The second-order valence-electron chi connectivity index (χ2n) is 7.58. The number of halogens is 2. The Morgan fingerprint density at radius 2 is 2.03 bits per heavy atom. The van der Waals surface area contributed by atoms with Crippen LogP contribution in [0.4, 0.5) is 8.78 Å². The van der Waals surface area contributed by atoms with Crippen LogP contribution in [-0.2, 0) is 6.54 Å². The molecule has 0 fully saturated rings. The molecule has 33 heavy (non-hydrogen) atoms. The fraction of sp³-hybridized carbons (Fsp3) is 0.304. The highest BCUT2D eigenvalue weighted by Crippen LogP contribution is 2.32. The lowest BCUT2D eigenvalue weighted by Gasteiger charge is -2.13. The minimum atomic E-state index is -2.82. The van der Waals surface area contributed by atoms with Crippen LogP contribution in [0, 0.1) is 6.92 Å². The smallest absolute Gasteiger partial charge is 0.280 e. The number of hydrogen-bond donors (Lipinski definition) is 1. The van der Waals surface area contributed by atoms with Crippen LogP contribution in [0.25, 0.3) is 16.9 Å². The van der Waals surface area contributed by atoms with Crippen molar-refractivity contribution < 1.29 is 18.3 Å². The predicted molar refractivity (Wildman–Crippen MR) is 118 cm³/mol. The van der Waals surface area contributed by atoms with E-state index in [1.165, 1.54) is 19.4 Å². The van der Waals surface area contributed by atoms with E-state index in [-0.39, 0.29) is 28.6 Å². The highest BCUT2D eigenvalue weighted by atomic mass is 19.3. The Balaban J connectivity index is 1.76. The molecule has 4 rings (SSSR count). The molecule has 1 unspecified atom stereocenters. The largest absolute Gasteiger partial charge is 0.496 e. The van der Waals surface area contributed by atoms with Gasteiger partial charge in [0.2, 0.25) is 0 Å². The Kier molecular flexibility index (Phi) is 6.08. The summed E-state index contributed by atoms with van der Waals surface area (Å²) in [7, 11) is 1.49. The van der Waals surface area contributed by atoms with Crippen molar-refractivity contribution in [2.45, 2.75) is 39.8 Å². The molecule has 3 aromatic heterocycles. The SMILES string of the molecule is CCn1cc(C(C)NC(=O)c2cnn3c(C(F)F)cc(-c4ccccc4OC)nc23)c(C)n1. The topological polar surface area (TPSA) is 86.3 Å². The maximum Gasteiger partial charge on any atom is 0.280 e. The third-order valence-corrected chi connectivity index (χ3v) is 5.47. The van der Waals surface area contributed by atoms with Crippen LogP contribution < -0.4 is 10.1 Å². The maximum absolute atomic E-state index is 13.9. The molecule has 3 heterocycles. The zero-order valence-corrected chi connectivity index (χ0v) is 18.7. The van der Waals surface area contributed by atoms with Crippen molar-refractivity contribution in [3.05, 3.63) is 65.2 Å². The Labute approximate surface area is 189 Å². The number of rotatable bonds is 7. The minimum absolute atomic E-state index is 0.0411. The normalized spacial score (nSPS) is 12.3. The number of para-hydroxylation sites is 1. The predicted octanol–water partition coefficient (Wildman–Crippen LogP) is 4.36. The van der Waals surface area contributed by atoms with Gasteiger partial charge in [-0.2, -0.15) is 10.2 Å². The molecular formula is C23H24F2N6O2. The second kappa shape index (κ2) is 8.97. The van der Waals surface area contributed by atoms with Gasteiger partial charge in [-0.25, -0.2) is 18.3 Å². The average Bonchev–Trinajstić information content (AvgIpc) is 3.41. The van der Waals surface area contributed by atoms with Gasteiger partial charge in [-0.15, -0.1) is 0 Å². The lowest BCUT2D eigenvalue weighted by atomic mass is 10.1. The Bertz CT molecular complexity index is 1310. The van der Waals surface area contributed by atoms with E-state index in [2.05, 4.69) is 20.5 Å². The first-order valence-electron chi connectivity index (χ1n) is 10.5. The average molecular weight is 454 g/mol. The first kappa shape index (κ1) is 22.4. The summed E-state index contributed by atoms with van der Waals surface area (Å²) in [5, 5.41) is 11.3. The van der Waals surface area contributed by atoms with Crippen molar-refractivity contribution in [2.24, 2.45) is 0 Å². The van der Waals surface area contributed by atoms with E-state index >= 15 is 0 Å². The Hall–Kier alpha value is -3.82. The van der Waals surface area contributed by atoms with Gasteiger partial charge in [-0.1, -0.05) is 12.1 Å². The summed E-state index contributed by atoms with van der Waals surface area (Å²) in [5.41, 5.74) is 2.25. The number of ether oxygens (including phenoxy) is 1. The van der Waals surface area contributed by atoms with Crippen molar-refractivity contribution in [3.63, 3.8) is 0 Å². The van der Waals surface area contributed by atoms with E-state index in [9.17, 15) is 13.6 Å². The number of nitrogens with one attached hydrogen (secondary N) is 1. The number of benzene rings is 1. The van der Waals surface area contributed by atoms with Crippen molar-refractivity contribution in [2.75, 3.05) is 7.11 Å². The van der Waals surface area contributed by atoms with Crippen LogP contribution >= 0.6 is 0 Å². The first-order valence-corrected chi connectivity index (χ1v) is 10.5. The van der Waals surface area contributed by atoms with Gasteiger partial charge >= 0.3 is 0 Å². The molecule has 1 N–H and O–H groups in total. The summed E-state index contributed by atoms with van der Waals surface area (Å²) in [5.74, 6) is 0.0168. The molecule has 0 aliphatic heterocycles. The van der Waals surface area contributed by atoms with Crippen LogP contribution in [-0.4, -0.2) is 37.4 Å². The van der Waals surface area contributed by atoms with E-state index in [1.54, 1.807) is 28.9 Å². The van der Waals surface area contributed by atoms with Crippen molar-refractivity contribution in [1.82, 2.24) is 29.7 Å². The van der Waals surface area contributed by atoms with Gasteiger partial charge in [0.15, 0.2) is 5.65 Å². The number of nitrogens with zero attached hydrogens (tertiary/aromatic N) is 5. The van der Waals surface area contributed by atoms with Gasteiger partial charge in [-0.3, -0.25) is 9.48 Å². The van der Waals surface area contributed by atoms with Crippen molar-refractivity contribution >= 4 is 11.6 Å². The monoisotopic (exact) mass is 454 g/mol. The summed E-state index contributed by atoms with van der Waals surface area (Å²) < 4.78 is 35.9. The van der Waals surface area contributed by atoms with Gasteiger partial charge < -0.3 is 10.1 Å². The molecule has 8 nitrogen and oxygen atoms in total. The first-order chi connectivity index (χ1) is 15.8. The number of fused-ring (bicyclic) bond motifs is 1. The van der Waals surface area contributed by atoms with E-state index in [0.717, 1.165) is 15.8 Å². The lowest BCUT2D eigenvalue weighted by molar-refractivity contribution is 0.0941. The number of aromatic nitrogens is 5.